The second-order valence-electron chi connectivity index (χ2n) is 4.88. The minimum atomic E-state index is 0.0697. The van der Waals surface area contributed by atoms with Crippen LogP contribution < -0.4 is 0 Å². The summed E-state index contributed by atoms with van der Waals surface area (Å²) in [5.74, 6) is 0.0697. The Hall–Kier alpha value is -2.74. The van der Waals surface area contributed by atoms with Crippen molar-refractivity contribution in [2.45, 2.75) is 6.42 Å². The standard InChI is InChI=1S/C19H15NO/c21-19(16-6-2-1-3-7-16)18-9-5-4-8-17(18)14-15-10-12-20-13-11-15/h1-13H,14H2. The van der Waals surface area contributed by atoms with Crippen LogP contribution in [0.5, 0.6) is 0 Å². The molecule has 0 radical (unpaired) electrons. The van der Waals surface area contributed by atoms with Crippen LogP contribution in [-0.2, 0) is 6.42 Å². The van der Waals surface area contributed by atoms with Gasteiger partial charge in [0.25, 0.3) is 0 Å². The molecule has 0 saturated heterocycles. The van der Waals surface area contributed by atoms with Crippen molar-refractivity contribution in [3.05, 3.63) is 101 Å². The molecule has 0 amide bonds. The Morgan fingerprint density at radius 3 is 2.24 bits per heavy atom. The molecule has 0 aliphatic rings. The SMILES string of the molecule is O=C(c1ccccc1)c1ccccc1Cc1ccncc1. The molecule has 0 saturated carbocycles. The molecule has 1 heterocycles. The van der Waals surface area contributed by atoms with Crippen LogP contribution in [0.2, 0.25) is 0 Å². The van der Waals surface area contributed by atoms with Gasteiger partial charge in [0.1, 0.15) is 0 Å². The Kier molecular flexibility index (Phi) is 3.88. The first-order valence-electron chi connectivity index (χ1n) is 6.91. The minimum absolute atomic E-state index is 0.0697. The second kappa shape index (κ2) is 6.14. The van der Waals surface area contributed by atoms with E-state index >= 15 is 0 Å². The number of benzene rings is 2. The Bertz CT molecular complexity index is 736. The third kappa shape index (κ3) is 3.06. The van der Waals surface area contributed by atoms with E-state index in [9.17, 15) is 4.79 Å². The highest BCUT2D eigenvalue weighted by molar-refractivity contribution is 6.09. The van der Waals surface area contributed by atoms with Crippen molar-refractivity contribution in [3.8, 4) is 0 Å². The van der Waals surface area contributed by atoms with E-state index in [0.29, 0.717) is 0 Å². The molecule has 21 heavy (non-hydrogen) atoms. The summed E-state index contributed by atoms with van der Waals surface area (Å²) in [4.78, 5) is 16.7. The van der Waals surface area contributed by atoms with Crippen molar-refractivity contribution in [2.24, 2.45) is 0 Å². The zero-order chi connectivity index (χ0) is 14.5. The van der Waals surface area contributed by atoms with Gasteiger partial charge in [-0.05, 0) is 29.7 Å². The van der Waals surface area contributed by atoms with Crippen LogP contribution in [0.15, 0.2) is 79.1 Å². The fraction of sp³-hybridized carbons (Fsp3) is 0.0526. The number of rotatable bonds is 4. The zero-order valence-corrected chi connectivity index (χ0v) is 11.6. The third-order valence-electron chi connectivity index (χ3n) is 3.44. The maximum absolute atomic E-state index is 12.6. The first kappa shape index (κ1) is 13.3. The Labute approximate surface area is 124 Å². The fourth-order valence-electron chi connectivity index (χ4n) is 2.36. The molecular weight excluding hydrogens is 258 g/mol. The summed E-state index contributed by atoms with van der Waals surface area (Å²) in [6, 6.07) is 21.1. The van der Waals surface area contributed by atoms with Crippen LogP contribution in [0.25, 0.3) is 0 Å². The number of pyridine rings is 1. The number of carbonyl (C=O) groups excluding carboxylic acids is 1. The third-order valence-corrected chi connectivity index (χ3v) is 3.44. The molecule has 0 fully saturated rings. The summed E-state index contributed by atoms with van der Waals surface area (Å²) >= 11 is 0. The number of hydrogen-bond acceptors (Lipinski definition) is 2. The lowest BCUT2D eigenvalue weighted by Gasteiger charge is -2.09. The molecule has 2 heteroatoms. The van der Waals surface area contributed by atoms with Gasteiger partial charge in [-0.3, -0.25) is 9.78 Å². The van der Waals surface area contributed by atoms with Crippen molar-refractivity contribution in [1.29, 1.82) is 0 Å². The molecule has 1 aromatic heterocycles. The van der Waals surface area contributed by atoms with E-state index in [-0.39, 0.29) is 5.78 Å². The van der Waals surface area contributed by atoms with Crippen LogP contribution >= 0.6 is 0 Å². The van der Waals surface area contributed by atoms with Gasteiger partial charge in [-0.1, -0.05) is 54.6 Å². The number of nitrogens with zero attached hydrogens (tertiary/aromatic N) is 1. The molecule has 0 spiro atoms. The van der Waals surface area contributed by atoms with Gasteiger partial charge in [-0.2, -0.15) is 0 Å². The van der Waals surface area contributed by atoms with E-state index < -0.39 is 0 Å². The molecule has 0 unspecified atom stereocenters. The average Bonchev–Trinajstić information content (AvgIpc) is 2.56. The fourth-order valence-corrected chi connectivity index (χ4v) is 2.36. The highest BCUT2D eigenvalue weighted by Gasteiger charge is 2.12. The van der Waals surface area contributed by atoms with Crippen molar-refractivity contribution < 1.29 is 4.79 Å². The Morgan fingerprint density at radius 1 is 0.810 bits per heavy atom. The molecule has 0 atom stereocenters. The van der Waals surface area contributed by atoms with Crippen LogP contribution in [0.1, 0.15) is 27.0 Å². The van der Waals surface area contributed by atoms with Crippen molar-refractivity contribution in [3.63, 3.8) is 0 Å². The van der Waals surface area contributed by atoms with E-state index in [2.05, 4.69) is 4.98 Å². The molecule has 102 valence electrons. The predicted octanol–water partition coefficient (Wildman–Crippen LogP) is 3.90. The highest BCUT2D eigenvalue weighted by Crippen LogP contribution is 2.17. The first-order valence-corrected chi connectivity index (χ1v) is 6.91. The smallest absolute Gasteiger partial charge is 0.193 e. The van der Waals surface area contributed by atoms with E-state index in [1.165, 1.54) is 0 Å². The number of ketones is 1. The molecule has 0 bridgehead atoms. The topological polar surface area (TPSA) is 30.0 Å². The molecule has 3 aromatic rings. The van der Waals surface area contributed by atoms with E-state index in [1.807, 2.05) is 66.7 Å². The van der Waals surface area contributed by atoms with Crippen LogP contribution in [0, 0.1) is 0 Å². The minimum Gasteiger partial charge on any atom is -0.289 e. The van der Waals surface area contributed by atoms with Gasteiger partial charge < -0.3 is 0 Å². The summed E-state index contributed by atoms with van der Waals surface area (Å²) in [7, 11) is 0. The van der Waals surface area contributed by atoms with Gasteiger partial charge in [0.05, 0.1) is 0 Å². The molecule has 0 aliphatic carbocycles. The van der Waals surface area contributed by atoms with E-state index in [0.717, 1.165) is 28.7 Å². The first-order chi connectivity index (χ1) is 10.3. The number of hydrogen-bond donors (Lipinski definition) is 0. The Morgan fingerprint density at radius 2 is 1.48 bits per heavy atom. The molecule has 3 rings (SSSR count). The quantitative estimate of drug-likeness (QED) is 0.675. The normalized spacial score (nSPS) is 10.3. The van der Waals surface area contributed by atoms with Gasteiger partial charge in [-0.15, -0.1) is 0 Å². The average molecular weight is 273 g/mol. The monoisotopic (exact) mass is 273 g/mol. The molecular formula is C19H15NO. The van der Waals surface area contributed by atoms with Gasteiger partial charge in [0.15, 0.2) is 5.78 Å². The zero-order valence-electron chi connectivity index (χ0n) is 11.6. The molecule has 0 aliphatic heterocycles. The van der Waals surface area contributed by atoms with Gasteiger partial charge in [0.2, 0.25) is 0 Å². The number of carbonyl (C=O) groups is 1. The van der Waals surface area contributed by atoms with Crippen molar-refractivity contribution in [1.82, 2.24) is 4.98 Å². The second-order valence-corrected chi connectivity index (χ2v) is 4.88. The van der Waals surface area contributed by atoms with Crippen molar-refractivity contribution in [2.75, 3.05) is 0 Å². The maximum Gasteiger partial charge on any atom is 0.193 e. The Balaban J connectivity index is 1.95. The summed E-state index contributed by atoms with van der Waals surface area (Å²) in [6.45, 7) is 0. The van der Waals surface area contributed by atoms with Crippen LogP contribution in [-0.4, -0.2) is 10.8 Å². The van der Waals surface area contributed by atoms with Gasteiger partial charge >= 0.3 is 0 Å². The molecule has 2 nitrogen and oxygen atoms in total. The van der Waals surface area contributed by atoms with Crippen molar-refractivity contribution >= 4 is 5.78 Å². The molecule has 0 N–H and O–H groups in total. The predicted molar refractivity (Wildman–Crippen MR) is 83.4 cm³/mol. The maximum atomic E-state index is 12.6. The lowest BCUT2D eigenvalue weighted by atomic mass is 9.95. The van der Waals surface area contributed by atoms with Crippen LogP contribution in [0.4, 0.5) is 0 Å². The van der Waals surface area contributed by atoms with Crippen LogP contribution in [0.3, 0.4) is 0 Å². The summed E-state index contributed by atoms with van der Waals surface area (Å²) in [5, 5.41) is 0. The van der Waals surface area contributed by atoms with Gasteiger partial charge in [0, 0.05) is 23.5 Å². The summed E-state index contributed by atoms with van der Waals surface area (Å²) in [6.07, 6.45) is 4.28. The summed E-state index contributed by atoms with van der Waals surface area (Å²) < 4.78 is 0. The molecule has 2 aromatic carbocycles. The highest BCUT2D eigenvalue weighted by atomic mass is 16.1. The lowest BCUT2D eigenvalue weighted by Crippen LogP contribution is -2.05. The number of aromatic nitrogens is 1. The largest absolute Gasteiger partial charge is 0.289 e. The van der Waals surface area contributed by atoms with E-state index in [1.54, 1.807) is 12.4 Å². The lowest BCUT2D eigenvalue weighted by molar-refractivity contribution is 0.103. The summed E-state index contributed by atoms with van der Waals surface area (Å²) in [5.41, 5.74) is 3.68. The van der Waals surface area contributed by atoms with Gasteiger partial charge in [-0.25, -0.2) is 0 Å². The van der Waals surface area contributed by atoms with E-state index in [4.69, 9.17) is 0 Å².